The van der Waals surface area contributed by atoms with Crippen LogP contribution in [0.1, 0.15) is 18.9 Å². The first kappa shape index (κ1) is 9.66. The van der Waals surface area contributed by atoms with Crippen molar-refractivity contribution in [3.8, 4) is 0 Å². The normalized spacial score (nSPS) is 10.7. The van der Waals surface area contributed by atoms with Gasteiger partial charge in [-0.05, 0) is 36.2 Å². The molecule has 2 rings (SSSR count). The smallest absolute Gasteiger partial charge is 0.0702 e. The molecule has 0 saturated carbocycles. The van der Waals surface area contributed by atoms with E-state index in [0.717, 1.165) is 16.4 Å². The van der Waals surface area contributed by atoms with Crippen LogP contribution in [0.2, 0.25) is 0 Å². The van der Waals surface area contributed by atoms with Gasteiger partial charge >= 0.3 is 0 Å². The summed E-state index contributed by atoms with van der Waals surface area (Å²) in [5, 5.41) is 1.21. The third kappa shape index (κ3) is 1.95. The molecule has 0 aliphatic heterocycles. The second-order valence-corrected chi connectivity index (χ2v) is 4.35. The van der Waals surface area contributed by atoms with Crippen molar-refractivity contribution in [1.82, 2.24) is 4.98 Å². The number of hydrogen-bond donors (Lipinski definition) is 0. The molecule has 14 heavy (non-hydrogen) atoms. The molecule has 2 heteroatoms. The molecule has 1 aromatic heterocycles. The monoisotopic (exact) mass is 249 g/mol. The molecule has 0 fully saturated rings. The summed E-state index contributed by atoms with van der Waals surface area (Å²) in [6.07, 6.45) is 4.25. The number of rotatable bonds is 2. The fraction of sp³-hybridized carbons (Fsp3) is 0.250. The van der Waals surface area contributed by atoms with Crippen LogP contribution in [0, 0.1) is 0 Å². The summed E-state index contributed by atoms with van der Waals surface area (Å²) in [6, 6.07) is 8.39. The van der Waals surface area contributed by atoms with Gasteiger partial charge in [0.1, 0.15) is 0 Å². The third-order valence-corrected chi connectivity index (χ3v) is 2.73. The molecule has 0 radical (unpaired) electrons. The van der Waals surface area contributed by atoms with Crippen LogP contribution in [0.15, 0.2) is 34.9 Å². The second kappa shape index (κ2) is 4.09. The summed E-state index contributed by atoms with van der Waals surface area (Å²) in [7, 11) is 0. The van der Waals surface area contributed by atoms with Crippen molar-refractivity contribution < 1.29 is 0 Å². The molecule has 0 atom stereocenters. The van der Waals surface area contributed by atoms with Crippen LogP contribution in [0.4, 0.5) is 0 Å². The van der Waals surface area contributed by atoms with E-state index in [1.54, 1.807) is 0 Å². The van der Waals surface area contributed by atoms with Gasteiger partial charge in [0, 0.05) is 16.1 Å². The number of fused-ring (bicyclic) bond motifs is 1. The standard InChI is InChI=1S/C12H12BrN/c1-2-3-9-6-10-7-11(13)4-5-12(10)14-8-9/h4-8H,2-3H2,1H3. The number of nitrogens with zero attached hydrogens (tertiary/aromatic N) is 1. The largest absolute Gasteiger partial charge is 0.256 e. The Kier molecular flexibility index (Phi) is 2.82. The Morgan fingerprint density at radius 2 is 2.14 bits per heavy atom. The molecule has 0 bridgehead atoms. The van der Waals surface area contributed by atoms with E-state index in [1.165, 1.54) is 17.4 Å². The first-order valence-corrected chi connectivity index (χ1v) is 5.63. The highest BCUT2D eigenvalue weighted by Gasteiger charge is 1.97. The van der Waals surface area contributed by atoms with Gasteiger partial charge < -0.3 is 0 Å². The van der Waals surface area contributed by atoms with Gasteiger partial charge in [-0.1, -0.05) is 29.3 Å². The van der Waals surface area contributed by atoms with Crippen LogP contribution >= 0.6 is 15.9 Å². The highest BCUT2D eigenvalue weighted by Crippen LogP contribution is 2.19. The number of hydrogen-bond acceptors (Lipinski definition) is 1. The summed E-state index contributed by atoms with van der Waals surface area (Å²) < 4.78 is 1.11. The molecule has 0 aliphatic rings. The van der Waals surface area contributed by atoms with E-state index in [-0.39, 0.29) is 0 Å². The summed E-state index contributed by atoms with van der Waals surface area (Å²) >= 11 is 3.47. The van der Waals surface area contributed by atoms with Gasteiger partial charge in [-0.2, -0.15) is 0 Å². The number of aryl methyl sites for hydroxylation is 1. The van der Waals surface area contributed by atoms with E-state index >= 15 is 0 Å². The molecular formula is C12H12BrN. The maximum Gasteiger partial charge on any atom is 0.0702 e. The molecule has 1 heterocycles. The SMILES string of the molecule is CCCc1cnc2ccc(Br)cc2c1. The van der Waals surface area contributed by atoms with Crippen molar-refractivity contribution in [2.24, 2.45) is 0 Å². The minimum absolute atomic E-state index is 1.06. The zero-order valence-electron chi connectivity index (χ0n) is 8.13. The Morgan fingerprint density at radius 3 is 2.93 bits per heavy atom. The Labute approximate surface area is 92.3 Å². The fourth-order valence-electron chi connectivity index (χ4n) is 1.57. The van der Waals surface area contributed by atoms with Gasteiger partial charge in [0.2, 0.25) is 0 Å². The predicted molar refractivity (Wildman–Crippen MR) is 63.4 cm³/mol. The van der Waals surface area contributed by atoms with Gasteiger partial charge in [-0.25, -0.2) is 0 Å². The minimum atomic E-state index is 1.06. The molecule has 72 valence electrons. The Balaban J connectivity index is 2.52. The Hall–Kier alpha value is -0.890. The van der Waals surface area contributed by atoms with Gasteiger partial charge in [0.05, 0.1) is 5.52 Å². The van der Waals surface area contributed by atoms with Crippen LogP contribution in [0.25, 0.3) is 10.9 Å². The molecule has 1 nitrogen and oxygen atoms in total. The third-order valence-electron chi connectivity index (χ3n) is 2.24. The lowest BCUT2D eigenvalue weighted by Crippen LogP contribution is -1.86. The molecule has 0 amide bonds. The molecule has 1 aromatic carbocycles. The number of aromatic nitrogens is 1. The van der Waals surface area contributed by atoms with Gasteiger partial charge in [-0.3, -0.25) is 4.98 Å². The molecule has 0 N–H and O–H groups in total. The van der Waals surface area contributed by atoms with Crippen molar-refractivity contribution in [3.05, 3.63) is 40.5 Å². The van der Waals surface area contributed by atoms with E-state index in [9.17, 15) is 0 Å². The van der Waals surface area contributed by atoms with E-state index in [2.05, 4.69) is 40.0 Å². The summed E-state index contributed by atoms with van der Waals surface area (Å²) in [4.78, 5) is 4.42. The van der Waals surface area contributed by atoms with E-state index < -0.39 is 0 Å². The first-order valence-electron chi connectivity index (χ1n) is 4.84. The predicted octanol–water partition coefficient (Wildman–Crippen LogP) is 3.95. The first-order chi connectivity index (χ1) is 6.79. The van der Waals surface area contributed by atoms with E-state index in [1.807, 2.05) is 18.3 Å². The second-order valence-electron chi connectivity index (χ2n) is 3.43. The summed E-state index contributed by atoms with van der Waals surface area (Å²) in [5.74, 6) is 0. The van der Waals surface area contributed by atoms with Gasteiger partial charge in [0.25, 0.3) is 0 Å². The molecule has 0 spiro atoms. The Morgan fingerprint density at radius 1 is 1.29 bits per heavy atom. The zero-order chi connectivity index (χ0) is 9.97. The summed E-state index contributed by atoms with van der Waals surface area (Å²) in [5.41, 5.74) is 2.38. The van der Waals surface area contributed by atoms with Crippen LogP contribution in [0.5, 0.6) is 0 Å². The van der Waals surface area contributed by atoms with E-state index in [0.29, 0.717) is 0 Å². The highest BCUT2D eigenvalue weighted by molar-refractivity contribution is 9.10. The molecule has 0 aliphatic carbocycles. The van der Waals surface area contributed by atoms with Gasteiger partial charge in [-0.15, -0.1) is 0 Å². The van der Waals surface area contributed by atoms with Crippen molar-refractivity contribution in [2.45, 2.75) is 19.8 Å². The number of pyridine rings is 1. The van der Waals surface area contributed by atoms with Crippen molar-refractivity contribution in [3.63, 3.8) is 0 Å². The number of benzene rings is 1. The lowest BCUT2D eigenvalue weighted by Gasteiger charge is -2.01. The van der Waals surface area contributed by atoms with Crippen molar-refractivity contribution in [1.29, 1.82) is 0 Å². The quantitative estimate of drug-likeness (QED) is 0.786. The van der Waals surface area contributed by atoms with E-state index in [4.69, 9.17) is 0 Å². The Bertz CT molecular complexity index is 451. The van der Waals surface area contributed by atoms with Crippen LogP contribution in [-0.2, 0) is 6.42 Å². The molecule has 0 unspecified atom stereocenters. The average molecular weight is 250 g/mol. The maximum atomic E-state index is 4.42. The lowest BCUT2D eigenvalue weighted by atomic mass is 10.1. The average Bonchev–Trinajstić information content (AvgIpc) is 2.17. The highest BCUT2D eigenvalue weighted by atomic mass is 79.9. The molecule has 2 aromatic rings. The fourth-order valence-corrected chi connectivity index (χ4v) is 1.95. The topological polar surface area (TPSA) is 12.9 Å². The molecule has 0 saturated heterocycles. The minimum Gasteiger partial charge on any atom is -0.256 e. The number of halogens is 1. The van der Waals surface area contributed by atoms with Crippen molar-refractivity contribution >= 4 is 26.8 Å². The van der Waals surface area contributed by atoms with Crippen molar-refractivity contribution in [2.75, 3.05) is 0 Å². The summed E-state index contributed by atoms with van der Waals surface area (Å²) in [6.45, 7) is 2.19. The van der Waals surface area contributed by atoms with Gasteiger partial charge in [0.15, 0.2) is 0 Å². The van der Waals surface area contributed by atoms with Crippen LogP contribution < -0.4 is 0 Å². The van der Waals surface area contributed by atoms with Crippen LogP contribution in [-0.4, -0.2) is 4.98 Å². The lowest BCUT2D eigenvalue weighted by molar-refractivity contribution is 0.917. The maximum absolute atomic E-state index is 4.42. The van der Waals surface area contributed by atoms with Crippen LogP contribution in [0.3, 0.4) is 0 Å². The zero-order valence-corrected chi connectivity index (χ0v) is 9.71. The molecular weight excluding hydrogens is 238 g/mol.